The highest BCUT2D eigenvalue weighted by molar-refractivity contribution is 6.43. The molecule has 0 atom stereocenters. The maximum Gasteiger partial charge on any atom is 0.0780 e. The standard InChI is InChI=1S/C19H42N.C7H4Cl2O2/c1-5-6-7-8-9-10-11-12-13-14-15-16-17-18-19-20(2,3)4;8-5-3-1-2-4(6(5)9)7(10)11/h5-19H2,1-4H3;1-3H,(H,10,11)/q+1;/p-1. The molecule has 3 nitrogen and oxygen atoms in total. The summed E-state index contributed by atoms with van der Waals surface area (Å²) < 4.78 is 1.12. The van der Waals surface area contributed by atoms with Crippen LogP contribution in [-0.4, -0.2) is 38.1 Å². The number of hydrogen-bond donors (Lipinski definition) is 0. The van der Waals surface area contributed by atoms with Gasteiger partial charge in [0, 0.05) is 5.56 Å². The molecule has 0 N–H and O–H groups in total. The van der Waals surface area contributed by atoms with Gasteiger partial charge in [-0.15, -0.1) is 0 Å². The van der Waals surface area contributed by atoms with Gasteiger partial charge in [-0.2, -0.15) is 0 Å². The molecule has 31 heavy (non-hydrogen) atoms. The van der Waals surface area contributed by atoms with Crippen molar-refractivity contribution < 1.29 is 14.4 Å². The SMILES string of the molecule is CCCCCCCCCCCCCCCC[N+](C)(C)C.O=C([O-])c1cccc(Cl)c1Cl. The number of benzene rings is 1. The zero-order chi connectivity index (χ0) is 23.5. The molecular weight excluding hydrogens is 429 g/mol. The zero-order valence-corrected chi connectivity index (χ0v) is 21.9. The van der Waals surface area contributed by atoms with Crippen LogP contribution in [0.3, 0.4) is 0 Å². The Kier molecular flexibility index (Phi) is 18.3. The fourth-order valence-corrected chi connectivity index (χ4v) is 3.82. The Hall–Kier alpha value is -0.770. The number of quaternary nitrogens is 1. The highest BCUT2D eigenvalue weighted by Gasteiger charge is 2.05. The Morgan fingerprint density at radius 1 is 0.774 bits per heavy atom. The van der Waals surface area contributed by atoms with Gasteiger partial charge in [-0.3, -0.25) is 0 Å². The first kappa shape index (κ1) is 30.2. The van der Waals surface area contributed by atoms with Crippen molar-refractivity contribution in [3.8, 4) is 0 Å². The fourth-order valence-electron chi connectivity index (χ4n) is 3.44. The zero-order valence-electron chi connectivity index (χ0n) is 20.4. The molecule has 0 aliphatic heterocycles. The summed E-state index contributed by atoms with van der Waals surface area (Å²) in [4.78, 5) is 10.3. The molecule has 1 rings (SSSR count). The van der Waals surface area contributed by atoms with E-state index >= 15 is 0 Å². The van der Waals surface area contributed by atoms with Crippen molar-refractivity contribution in [1.82, 2.24) is 0 Å². The summed E-state index contributed by atoms with van der Waals surface area (Å²) in [6.07, 6.45) is 20.4. The molecule has 0 unspecified atom stereocenters. The molecule has 0 fully saturated rings. The molecule has 0 saturated heterocycles. The Bertz CT molecular complexity index is 585. The minimum atomic E-state index is -1.32. The summed E-state index contributed by atoms with van der Waals surface area (Å²) in [5.41, 5.74) is -0.0841. The molecule has 0 amide bonds. The van der Waals surface area contributed by atoms with E-state index in [-0.39, 0.29) is 15.6 Å². The number of rotatable bonds is 16. The van der Waals surface area contributed by atoms with Gasteiger partial charge in [-0.05, 0) is 18.9 Å². The predicted molar refractivity (Wildman–Crippen MR) is 134 cm³/mol. The van der Waals surface area contributed by atoms with Gasteiger partial charge in [0.05, 0.1) is 43.7 Å². The molecule has 1 aromatic carbocycles. The van der Waals surface area contributed by atoms with E-state index in [4.69, 9.17) is 23.2 Å². The molecule has 180 valence electrons. The van der Waals surface area contributed by atoms with Gasteiger partial charge in [0.15, 0.2) is 0 Å². The van der Waals surface area contributed by atoms with E-state index in [0.717, 1.165) is 4.48 Å². The normalized spacial score (nSPS) is 11.2. The number of carboxylic acid groups (broad SMARTS) is 1. The maximum atomic E-state index is 10.3. The molecule has 0 aliphatic carbocycles. The molecular formula is C26H45Cl2NO2. The summed E-state index contributed by atoms with van der Waals surface area (Å²) in [6, 6.07) is 4.35. The quantitative estimate of drug-likeness (QED) is 0.183. The van der Waals surface area contributed by atoms with Gasteiger partial charge in [-0.1, -0.05) is 119 Å². The lowest BCUT2D eigenvalue weighted by Crippen LogP contribution is -2.35. The Morgan fingerprint density at radius 3 is 1.55 bits per heavy atom. The summed E-state index contributed by atoms with van der Waals surface area (Å²) in [7, 11) is 6.88. The third-order valence-electron chi connectivity index (χ3n) is 5.35. The van der Waals surface area contributed by atoms with E-state index in [1.807, 2.05) is 0 Å². The van der Waals surface area contributed by atoms with Crippen LogP contribution in [0.4, 0.5) is 0 Å². The molecule has 0 saturated carbocycles. The van der Waals surface area contributed by atoms with Crippen molar-refractivity contribution in [2.75, 3.05) is 27.7 Å². The Labute approximate surface area is 201 Å². The highest BCUT2D eigenvalue weighted by Crippen LogP contribution is 2.24. The van der Waals surface area contributed by atoms with Gasteiger partial charge in [-0.25, -0.2) is 0 Å². The van der Waals surface area contributed by atoms with Crippen LogP contribution in [0.15, 0.2) is 18.2 Å². The Balaban J connectivity index is 0.000000683. The summed E-state index contributed by atoms with van der Waals surface area (Å²) >= 11 is 11.1. The number of unbranched alkanes of at least 4 members (excludes halogenated alkanes) is 13. The van der Waals surface area contributed by atoms with E-state index < -0.39 is 5.97 Å². The van der Waals surface area contributed by atoms with Crippen LogP contribution in [0.5, 0.6) is 0 Å². The maximum absolute atomic E-state index is 10.3. The first-order chi connectivity index (χ1) is 14.7. The Morgan fingerprint density at radius 2 is 1.19 bits per heavy atom. The minimum absolute atomic E-state index is 0.0224. The van der Waals surface area contributed by atoms with Gasteiger partial charge in [0.1, 0.15) is 0 Å². The number of aromatic carboxylic acids is 1. The largest absolute Gasteiger partial charge is 0.545 e. The second-order valence-electron chi connectivity index (χ2n) is 9.50. The molecule has 0 spiro atoms. The molecule has 0 heterocycles. The molecule has 0 bridgehead atoms. The van der Waals surface area contributed by atoms with Crippen molar-refractivity contribution >= 4 is 29.2 Å². The second kappa shape index (κ2) is 18.8. The predicted octanol–water partition coefficient (Wildman–Crippen LogP) is 7.53. The van der Waals surface area contributed by atoms with Crippen LogP contribution >= 0.6 is 23.2 Å². The van der Waals surface area contributed by atoms with E-state index in [9.17, 15) is 9.90 Å². The van der Waals surface area contributed by atoms with E-state index in [1.54, 1.807) is 0 Å². The fraction of sp³-hybridized carbons (Fsp3) is 0.731. The van der Waals surface area contributed by atoms with E-state index in [2.05, 4.69) is 28.1 Å². The summed E-state index contributed by atoms with van der Waals surface area (Å²) in [6.45, 7) is 3.63. The van der Waals surface area contributed by atoms with Gasteiger partial charge < -0.3 is 14.4 Å². The highest BCUT2D eigenvalue weighted by atomic mass is 35.5. The third-order valence-corrected chi connectivity index (χ3v) is 6.17. The molecule has 1 aromatic rings. The average Bonchev–Trinajstić information content (AvgIpc) is 2.70. The van der Waals surface area contributed by atoms with Crippen molar-refractivity contribution in [2.24, 2.45) is 0 Å². The summed E-state index contributed by atoms with van der Waals surface area (Å²) in [5, 5.41) is 10.6. The van der Waals surface area contributed by atoms with Gasteiger partial charge in [0.2, 0.25) is 0 Å². The summed E-state index contributed by atoms with van der Waals surface area (Å²) in [5.74, 6) is -1.32. The van der Waals surface area contributed by atoms with Crippen LogP contribution in [0.1, 0.15) is 107 Å². The molecule has 5 heteroatoms. The van der Waals surface area contributed by atoms with Gasteiger partial charge >= 0.3 is 0 Å². The number of carbonyl (C=O) groups is 1. The van der Waals surface area contributed by atoms with Crippen molar-refractivity contribution in [3.63, 3.8) is 0 Å². The van der Waals surface area contributed by atoms with Crippen LogP contribution in [0.2, 0.25) is 10.0 Å². The van der Waals surface area contributed by atoms with Crippen molar-refractivity contribution in [1.29, 1.82) is 0 Å². The lowest BCUT2D eigenvalue weighted by molar-refractivity contribution is -0.870. The monoisotopic (exact) mass is 473 g/mol. The van der Waals surface area contributed by atoms with Crippen LogP contribution in [-0.2, 0) is 0 Å². The number of carbonyl (C=O) groups excluding carboxylic acids is 1. The third kappa shape index (κ3) is 18.5. The lowest BCUT2D eigenvalue weighted by atomic mass is 10.0. The average molecular weight is 475 g/mol. The van der Waals surface area contributed by atoms with E-state index in [1.165, 1.54) is 115 Å². The smallest absolute Gasteiger partial charge is 0.0780 e. The van der Waals surface area contributed by atoms with Crippen molar-refractivity contribution in [3.05, 3.63) is 33.8 Å². The van der Waals surface area contributed by atoms with Crippen molar-refractivity contribution in [2.45, 2.75) is 96.8 Å². The topological polar surface area (TPSA) is 40.1 Å². The lowest BCUT2D eigenvalue weighted by Gasteiger charge is -2.23. The number of carboxylic acids is 1. The van der Waals surface area contributed by atoms with Crippen LogP contribution < -0.4 is 5.11 Å². The first-order valence-electron chi connectivity index (χ1n) is 12.1. The number of hydrogen-bond acceptors (Lipinski definition) is 2. The molecule has 0 radical (unpaired) electrons. The van der Waals surface area contributed by atoms with Crippen LogP contribution in [0.25, 0.3) is 0 Å². The number of nitrogens with zero attached hydrogens (tertiary/aromatic N) is 1. The minimum Gasteiger partial charge on any atom is -0.545 e. The first-order valence-corrected chi connectivity index (χ1v) is 12.9. The second-order valence-corrected chi connectivity index (χ2v) is 10.3. The molecule has 0 aliphatic rings. The van der Waals surface area contributed by atoms with Gasteiger partial charge in [0.25, 0.3) is 0 Å². The van der Waals surface area contributed by atoms with Crippen LogP contribution in [0, 0.1) is 0 Å². The number of halogens is 2. The molecule has 0 aromatic heterocycles. The van der Waals surface area contributed by atoms with E-state index in [0.29, 0.717) is 0 Å².